The van der Waals surface area contributed by atoms with Crippen LogP contribution >= 0.6 is 0 Å². The van der Waals surface area contributed by atoms with Gasteiger partial charge in [-0.2, -0.15) is 0 Å². The van der Waals surface area contributed by atoms with E-state index in [0.29, 0.717) is 0 Å². The third kappa shape index (κ3) is 4.20. The average Bonchev–Trinajstić information content (AvgIpc) is 3.81. The molecule has 12 aromatic rings. The SMILES string of the molecule is c1ccc(C2(c3ccccc3)c3ccccc3-c3c2cc2cc(-c4ccc5ccc6cccc7ccc4c5c67)ccc2c3-c2ccc3c(c2)oc2ccccc23)cc1. The topological polar surface area (TPSA) is 13.1 Å². The first-order valence-corrected chi connectivity index (χ1v) is 20.2. The number of benzene rings is 11. The zero-order chi connectivity index (χ0) is 38.0. The van der Waals surface area contributed by atoms with Crippen molar-refractivity contribution >= 4 is 65.0 Å². The van der Waals surface area contributed by atoms with Crippen LogP contribution in [-0.4, -0.2) is 0 Å². The van der Waals surface area contributed by atoms with Gasteiger partial charge in [0.15, 0.2) is 0 Å². The fourth-order valence-electron chi connectivity index (χ4n) is 10.7. The Morgan fingerprint density at radius 3 is 1.74 bits per heavy atom. The van der Waals surface area contributed by atoms with Crippen molar-refractivity contribution in [3.63, 3.8) is 0 Å². The van der Waals surface area contributed by atoms with Crippen molar-refractivity contribution in [1.82, 2.24) is 0 Å². The molecule has 268 valence electrons. The summed E-state index contributed by atoms with van der Waals surface area (Å²) in [6, 6.07) is 76.6. The second-order valence-electron chi connectivity index (χ2n) is 15.9. The molecule has 11 aromatic carbocycles. The summed E-state index contributed by atoms with van der Waals surface area (Å²) in [4.78, 5) is 0. The summed E-state index contributed by atoms with van der Waals surface area (Å²) in [5.41, 5.74) is 13.8. The Morgan fingerprint density at radius 1 is 0.310 bits per heavy atom. The van der Waals surface area contributed by atoms with Crippen molar-refractivity contribution in [1.29, 1.82) is 0 Å². The smallest absolute Gasteiger partial charge is 0.136 e. The average molecular weight is 735 g/mol. The van der Waals surface area contributed by atoms with Gasteiger partial charge in [0.05, 0.1) is 5.41 Å². The summed E-state index contributed by atoms with van der Waals surface area (Å²) in [5, 5.41) is 12.5. The van der Waals surface area contributed by atoms with Crippen LogP contribution < -0.4 is 0 Å². The Labute approximate surface area is 335 Å². The largest absolute Gasteiger partial charge is 0.456 e. The van der Waals surface area contributed by atoms with Crippen LogP contribution in [0.4, 0.5) is 0 Å². The minimum absolute atomic E-state index is 0.538. The zero-order valence-electron chi connectivity index (χ0n) is 31.5. The Morgan fingerprint density at radius 2 is 0.931 bits per heavy atom. The number of hydrogen-bond donors (Lipinski definition) is 0. The molecule has 1 aliphatic carbocycles. The van der Waals surface area contributed by atoms with E-state index in [9.17, 15) is 0 Å². The maximum Gasteiger partial charge on any atom is 0.136 e. The quantitative estimate of drug-likeness (QED) is 0.164. The van der Waals surface area contributed by atoms with Crippen LogP contribution in [0.15, 0.2) is 211 Å². The maximum atomic E-state index is 6.56. The molecule has 58 heavy (non-hydrogen) atoms. The Balaban J connectivity index is 1.16. The van der Waals surface area contributed by atoms with Crippen LogP contribution in [0.3, 0.4) is 0 Å². The molecule has 0 atom stereocenters. The molecule has 0 fully saturated rings. The standard InChI is InChI=1S/C57H34O/c1-3-14-41(15-4-1)57(42-16-5-2-6-17-42)49-20-9-7-19-48(49)56-50(57)33-40-32-38(43-28-24-37-23-22-35-12-11-13-36-25-31-47(43)54(37)53(35)36)26-29-44(40)55(56)39-27-30-46-45-18-8-10-21-51(45)58-52(46)34-39/h1-34H. The first-order chi connectivity index (χ1) is 28.8. The van der Waals surface area contributed by atoms with E-state index in [-0.39, 0.29) is 0 Å². The summed E-state index contributed by atoms with van der Waals surface area (Å²) < 4.78 is 6.56. The lowest BCUT2D eigenvalue weighted by Gasteiger charge is -2.34. The lowest BCUT2D eigenvalue weighted by atomic mass is 9.67. The van der Waals surface area contributed by atoms with E-state index in [4.69, 9.17) is 4.42 Å². The van der Waals surface area contributed by atoms with Gasteiger partial charge in [-0.05, 0) is 129 Å². The van der Waals surface area contributed by atoms with E-state index in [0.717, 1.165) is 27.5 Å². The zero-order valence-corrected chi connectivity index (χ0v) is 31.5. The number of hydrogen-bond acceptors (Lipinski definition) is 1. The first kappa shape index (κ1) is 31.7. The van der Waals surface area contributed by atoms with Crippen molar-refractivity contribution in [2.75, 3.05) is 0 Å². The molecule has 0 aliphatic heterocycles. The molecule has 0 radical (unpaired) electrons. The predicted octanol–water partition coefficient (Wildman–Crippen LogP) is 15.3. The normalized spacial score (nSPS) is 13.3. The van der Waals surface area contributed by atoms with Gasteiger partial charge in [-0.25, -0.2) is 0 Å². The van der Waals surface area contributed by atoms with Crippen LogP contribution in [0.5, 0.6) is 0 Å². The predicted molar refractivity (Wildman–Crippen MR) is 243 cm³/mol. The molecule has 0 saturated carbocycles. The van der Waals surface area contributed by atoms with Crippen molar-refractivity contribution in [2.24, 2.45) is 0 Å². The van der Waals surface area contributed by atoms with Crippen LogP contribution in [0.25, 0.3) is 98.4 Å². The van der Waals surface area contributed by atoms with Crippen molar-refractivity contribution in [2.45, 2.75) is 5.41 Å². The first-order valence-electron chi connectivity index (χ1n) is 20.2. The summed E-state index contributed by atoms with van der Waals surface area (Å²) in [6.45, 7) is 0. The lowest BCUT2D eigenvalue weighted by molar-refractivity contribution is 0.669. The molecular formula is C57H34O. The molecule has 0 spiro atoms. The van der Waals surface area contributed by atoms with Gasteiger partial charge in [-0.15, -0.1) is 0 Å². The molecule has 0 bridgehead atoms. The van der Waals surface area contributed by atoms with Crippen LogP contribution in [0.2, 0.25) is 0 Å². The molecule has 1 aromatic heterocycles. The van der Waals surface area contributed by atoms with E-state index in [1.807, 2.05) is 6.07 Å². The fourth-order valence-corrected chi connectivity index (χ4v) is 10.7. The highest BCUT2D eigenvalue weighted by molar-refractivity contribution is 6.25. The minimum atomic E-state index is -0.538. The van der Waals surface area contributed by atoms with Crippen LogP contribution in [0.1, 0.15) is 22.3 Å². The highest BCUT2D eigenvalue weighted by Crippen LogP contribution is 2.60. The maximum absolute atomic E-state index is 6.56. The van der Waals surface area contributed by atoms with Gasteiger partial charge in [0, 0.05) is 10.8 Å². The van der Waals surface area contributed by atoms with E-state index < -0.39 is 5.41 Å². The second kappa shape index (κ2) is 11.8. The molecule has 1 aliphatic rings. The van der Waals surface area contributed by atoms with Gasteiger partial charge in [0.1, 0.15) is 11.2 Å². The molecule has 1 heterocycles. The van der Waals surface area contributed by atoms with Gasteiger partial charge < -0.3 is 4.42 Å². The molecule has 0 N–H and O–H groups in total. The molecule has 0 saturated heterocycles. The van der Waals surface area contributed by atoms with Gasteiger partial charge in [-0.3, -0.25) is 0 Å². The van der Waals surface area contributed by atoms with E-state index in [2.05, 4.69) is 200 Å². The Kier molecular flexibility index (Phi) is 6.43. The van der Waals surface area contributed by atoms with E-state index >= 15 is 0 Å². The van der Waals surface area contributed by atoms with Crippen molar-refractivity contribution in [3.8, 4) is 33.4 Å². The number of para-hydroxylation sites is 1. The van der Waals surface area contributed by atoms with Gasteiger partial charge in [-0.1, -0.05) is 176 Å². The van der Waals surface area contributed by atoms with E-state index in [1.54, 1.807) is 0 Å². The summed E-state index contributed by atoms with van der Waals surface area (Å²) in [6.07, 6.45) is 0. The van der Waals surface area contributed by atoms with Gasteiger partial charge >= 0.3 is 0 Å². The van der Waals surface area contributed by atoms with Crippen LogP contribution in [-0.2, 0) is 5.41 Å². The molecule has 0 amide bonds. The van der Waals surface area contributed by atoms with Crippen molar-refractivity contribution < 1.29 is 4.42 Å². The summed E-state index contributed by atoms with van der Waals surface area (Å²) in [5.74, 6) is 0. The molecule has 0 unspecified atom stereocenters. The molecule has 13 rings (SSSR count). The highest BCUT2D eigenvalue weighted by Gasteiger charge is 2.47. The van der Waals surface area contributed by atoms with Crippen molar-refractivity contribution in [3.05, 3.63) is 229 Å². The van der Waals surface area contributed by atoms with Crippen LogP contribution in [0, 0.1) is 0 Å². The molecular weight excluding hydrogens is 701 g/mol. The fraction of sp³-hybridized carbons (Fsp3) is 0.0175. The van der Waals surface area contributed by atoms with E-state index in [1.165, 1.54) is 93.2 Å². The molecule has 1 heteroatoms. The third-order valence-electron chi connectivity index (χ3n) is 13.1. The Bertz CT molecular complexity index is 3550. The summed E-state index contributed by atoms with van der Waals surface area (Å²) in [7, 11) is 0. The monoisotopic (exact) mass is 734 g/mol. The molecule has 1 nitrogen and oxygen atoms in total. The summed E-state index contributed by atoms with van der Waals surface area (Å²) >= 11 is 0. The number of furan rings is 1. The highest BCUT2D eigenvalue weighted by atomic mass is 16.3. The number of fused-ring (bicyclic) bond motifs is 7. The van der Waals surface area contributed by atoms with Gasteiger partial charge in [0.2, 0.25) is 0 Å². The second-order valence-corrected chi connectivity index (χ2v) is 15.9. The minimum Gasteiger partial charge on any atom is -0.456 e. The third-order valence-corrected chi connectivity index (χ3v) is 13.1. The number of rotatable bonds is 4. The Hall–Kier alpha value is -7.48. The lowest BCUT2D eigenvalue weighted by Crippen LogP contribution is -2.28. The van der Waals surface area contributed by atoms with Gasteiger partial charge in [0.25, 0.3) is 0 Å².